The van der Waals surface area contributed by atoms with E-state index in [4.69, 9.17) is 4.74 Å². The van der Waals surface area contributed by atoms with E-state index in [1.807, 2.05) is 17.8 Å². The van der Waals surface area contributed by atoms with Crippen molar-refractivity contribution in [3.05, 3.63) is 42.1 Å². The number of amides is 3. The quantitative estimate of drug-likeness (QED) is 0.846. The zero-order valence-corrected chi connectivity index (χ0v) is 15.6. The monoisotopic (exact) mass is 371 g/mol. The molecule has 0 atom stereocenters. The number of nitrogens with zero attached hydrogens (tertiary/aromatic N) is 3. The molecule has 2 aromatic rings. The molecule has 1 fully saturated rings. The second-order valence-electron chi connectivity index (χ2n) is 6.50. The predicted octanol–water partition coefficient (Wildman–Crippen LogP) is 2.97. The molecule has 2 heterocycles. The van der Waals surface area contributed by atoms with E-state index in [0.717, 1.165) is 26.1 Å². The van der Waals surface area contributed by atoms with Crippen LogP contribution < -0.4 is 10.6 Å². The lowest BCUT2D eigenvalue weighted by Crippen LogP contribution is -2.26. The van der Waals surface area contributed by atoms with E-state index in [2.05, 4.69) is 15.7 Å². The molecular formula is C19H25N5O3. The molecule has 1 saturated heterocycles. The van der Waals surface area contributed by atoms with Crippen molar-refractivity contribution < 1.29 is 14.3 Å². The van der Waals surface area contributed by atoms with Crippen LogP contribution in [0, 0.1) is 0 Å². The Kier molecular flexibility index (Phi) is 6.08. The van der Waals surface area contributed by atoms with Crippen LogP contribution >= 0.6 is 0 Å². The Morgan fingerprint density at radius 3 is 2.78 bits per heavy atom. The van der Waals surface area contributed by atoms with Crippen LogP contribution in [-0.4, -0.2) is 53.4 Å². The van der Waals surface area contributed by atoms with Gasteiger partial charge < -0.3 is 15.0 Å². The zero-order chi connectivity index (χ0) is 19.2. The fourth-order valence-corrected chi connectivity index (χ4v) is 2.93. The Labute approximate surface area is 158 Å². The summed E-state index contributed by atoms with van der Waals surface area (Å²) in [5.41, 5.74) is 1.08. The van der Waals surface area contributed by atoms with Gasteiger partial charge in [0, 0.05) is 50.3 Å². The number of nitrogens with one attached hydrogen (secondary N) is 2. The highest BCUT2D eigenvalue weighted by Gasteiger charge is 2.17. The van der Waals surface area contributed by atoms with Gasteiger partial charge in [0.2, 0.25) is 0 Å². The Morgan fingerprint density at radius 1 is 1.26 bits per heavy atom. The summed E-state index contributed by atoms with van der Waals surface area (Å²) in [7, 11) is 1.74. The van der Waals surface area contributed by atoms with E-state index >= 15 is 0 Å². The number of hydrogen-bond donors (Lipinski definition) is 2. The van der Waals surface area contributed by atoms with Gasteiger partial charge in [0.1, 0.15) is 0 Å². The maximum absolute atomic E-state index is 12.3. The van der Waals surface area contributed by atoms with E-state index in [0.29, 0.717) is 29.7 Å². The molecule has 8 heteroatoms. The first-order valence-corrected chi connectivity index (χ1v) is 9.13. The standard InChI is InChI=1S/C19H25N5O3/c1-3-23(2)18(25)14-5-4-6-15(13-14)20-19(26)21-17-7-10-24(22-17)16-8-11-27-12-9-16/h4-7,10,13,16H,3,8-9,11-12H2,1-2H3,(H2,20,21,22,26). The molecule has 2 N–H and O–H groups in total. The molecule has 1 aromatic heterocycles. The Balaban J connectivity index is 1.59. The Morgan fingerprint density at radius 2 is 2.04 bits per heavy atom. The van der Waals surface area contributed by atoms with Crippen LogP contribution in [0.1, 0.15) is 36.2 Å². The van der Waals surface area contributed by atoms with E-state index in [9.17, 15) is 9.59 Å². The van der Waals surface area contributed by atoms with Crippen molar-refractivity contribution in [1.82, 2.24) is 14.7 Å². The molecule has 27 heavy (non-hydrogen) atoms. The average Bonchev–Trinajstić information content (AvgIpc) is 3.16. The first-order valence-electron chi connectivity index (χ1n) is 9.13. The molecule has 1 aliphatic rings. The van der Waals surface area contributed by atoms with Crippen molar-refractivity contribution in [2.75, 3.05) is 37.4 Å². The Hall–Kier alpha value is -2.87. The van der Waals surface area contributed by atoms with Gasteiger partial charge in [0.25, 0.3) is 5.91 Å². The first kappa shape index (κ1) is 18.9. The maximum atomic E-state index is 12.3. The van der Waals surface area contributed by atoms with Gasteiger partial charge in [-0.25, -0.2) is 4.79 Å². The summed E-state index contributed by atoms with van der Waals surface area (Å²) in [6, 6.07) is 8.54. The minimum Gasteiger partial charge on any atom is -0.381 e. The van der Waals surface area contributed by atoms with Crippen molar-refractivity contribution in [3.8, 4) is 0 Å². The average molecular weight is 371 g/mol. The summed E-state index contributed by atoms with van der Waals surface area (Å²) in [6.07, 6.45) is 3.70. The number of urea groups is 1. The number of anilines is 2. The summed E-state index contributed by atoms with van der Waals surface area (Å²) in [4.78, 5) is 26.1. The molecule has 0 aliphatic carbocycles. The highest BCUT2D eigenvalue weighted by molar-refractivity contribution is 6.00. The lowest BCUT2D eigenvalue weighted by Gasteiger charge is -2.22. The molecule has 0 saturated carbocycles. The molecule has 8 nitrogen and oxygen atoms in total. The molecule has 0 radical (unpaired) electrons. The number of rotatable bonds is 5. The zero-order valence-electron chi connectivity index (χ0n) is 15.6. The maximum Gasteiger partial charge on any atom is 0.324 e. The van der Waals surface area contributed by atoms with E-state index in [-0.39, 0.29) is 5.91 Å². The van der Waals surface area contributed by atoms with E-state index < -0.39 is 6.03 Å². The highest BCUT2D eigenvalue weighted by Crippen LogP contribution is 2.21. The number of ether oxygens (including phenoxy) is 1. The second-order valence-corrected chi connectivity index (χ2v) is 6.50. The van der Waals surface area contributed by atoms with Crippen LogP contribution in [0.4, 0.5) is 16.3 Å². The van der Waals surface area contributed by atoms with Crippen molar-refractivity contribution >= 4 is 23.4 Å². The van der Waals surface area contributed by atoms with Crippen molar-refractivity contribution in [1.29, 1.82) is 0 Å². The van der Waals surface area contributed by atoms with Gasteiger partial charge in [0.15, 0.2) is 5.82 Å². The number of carbonyl (C=O) groups is 2. The van der Waals surface area contributed by atoms with Crippen LogP contribution in [0.2, 0.25) is 0 Å². The second kappa shape index (κ2) is 8.68. The third-order valence-corrected chi connectivity index (χ3v) is 4.60. The molecule has 3 rings (SSSR count). The summed E-state index contributed by atoms with van der Waals surface area (Å²) in [6.45, 7) is 3.99. The summed E-state index contributed by atoms with van der Waals surface area (Å²) in [5.74, 6) is 0.397. The van der Waals surface area contributed by atoms with Gasteiger partial charge in [-0.1, -0.05) is 6.07 Å². The Bertz CT molecular complexity index is 798. The van der Waals surface area contributed by atoms with Gasteiger partial charge in [-0.05, 0) is 38.0 Å². The molecule has 0 bridgehead atoms. The number of benzene rings is 1. The van der Waals surface area contributed by atoms with Crippen molar-refractivity contribution in [2.45, 2.75) is 25.8 Å². The van der Waals surface area contributed by atoms with Gasteiger partial charge in [-0.15, -0.1) is 0 Å². The van der Waals surface area contributed by atoms with Crippen molar-refractivity contribution in [3.63, 3.8) is 0 Å². The SMILES string of the molecule is CCN(C)C(=O)c1cccc(NC(=O)Nc2ccn(C3CCOCC3)n2)c1. The molecule has 144 valence electrons. The van der Waals surface area contributed by atoms with Crippen LogP contribution in [0.25, 0.3) is 0 Å². The van der Waals surface area contributed by atoms with Crippen LogP contribution in [0.15, 0.2) is 36.5 Å². The molecule has 3 amide bonds. The van der Waals surface area contributed by atoms with Gasteiger partial charge in [0.05, 0.1) is 6.04 Å². The van der Waals surface area contributed by atoms with E-state index in [1.54, 1.807) is 42.3 Å². The lowest BCUT2D eigenvalue weighted by molar-refractivity contribution is 0.0663. The lowest BCUT2D eigenvalue weighted by atomic mass is 10.1. The smallest absolute Gasteiger partial charge is 0.324 e. The minimum atomic E-state index is -0.402. The van der Waals surface area contributed by atoms with Gasteiger partial charge >= 0.3 is 6.03 Å². The van der Waals surface area contributed by atoms with E-state index in [1.165, 1.54) is 0 Å². The molecular weight excluding hydrogens is 346 g/mol. The summed E-state index contributed by atoms with van der Waals surface area (Å²) in [5, 5.41) is 9.89. The minimum absolute atomic E-state index is 0.0863. The predicted molar refractivity (Wildman–Crippen MR) is 103 cm³/mol. The molecule has 0 unspecified atom stereocenters. The molecule has 1 aliphatic heterocycles. The number of hydrogen-bond acceptors (Lipinski definition) is 4. The summed E-state index contributed by atoms with van der Waals surface area (Å²) < 4.78 is 7.23. The molecule has 1 aromatic carbocycles. The summed E-state index contributed by atoms with van der Waals surface area (Å²) >= 11 is 0. The van der Waals surface area contributed by atoms with Crippen LogP contribution in [0.3, 0.4) is 0 Å². The van der Waals surface area contributed by atoms with Crippen LogP contribution in [-0.2, 0) is 4.74 Å². The molecule has 0 spiro atoms. The van der Waals surface area contributed by atoms with Gasteiger partial charge in [-0.3, -0.25) is 14.8 Å². The van der Waals surface area contributed by atoms with Gasteiger partial charge in [-0.2, -0.15) is 5.10 Å². The largest absolute Gasteiger partial charge is 0.381 e. The third kappa shape index (κ3) is 4.85. The van der Waals surface area contributed by atoms with Crippen molar-refractivity contribution in [2.24, 2.45) is 0 Å². The number of aromatic nitrogens is 2. The number of carbonyl (C=O) groups excluding carboxylic acids is 2. The topological polar surface area (TPSA) is 88.5 Å². The highest BCUT2D eigenvalue weighted by atomic mass is 16.5. The first-order chi connectivity index (χ1) is 13.1. The fourth-order valence-electron chi connectivity index (χ4n) is 2.93. The van der Waals surface area contributed by atoms with Crippen LogP contribution in [0.5, 0.6) is 0 Å². The third-order valence-electron chi connectivity index (χ3n) is 4.60. The normalized spacial score (nSPS) is 14.6. The fraction of sp³-hybridized carbons (Fsp3) is 0.421.